The average molecular weight is 284 g/mol. The first-order valence-corrected chi connectivity index (χ1v) is 6.76. The largest absolute Gasteiger partial charge is 0.494 e. The Morgan fingerprint density at radius 3 is 2.86 bits per heavy atom. The summed E-state index contributed by atoms with van der Waals surface area (Å²) < 4.78 is 5.30. The lowest BCUT2D eigenvalue weighted by Gasteiger charge is -2.35. The summed E-state index contributed by atoms with van der Waals surface area (Å²) in [5.74, 6) is 0.596. The Bertz CT molecular complexity index is 666. The minimum atomic E-state index is -0.395. The van der Waals surface area contributed by atoms with Gasteiger partial charge in [0.1, 0.15) is 11.4 Å². The van der Waals surface area contributed by atoms with E-state index in [1.807, 2.05) is 18.2 Å². The summed E-state index contributed by atoms with van der Waals surface area (Å²) >= 11 is 0. The topological polar surface area (TPSA) is 62.7 Å². The fraction of sp³-hybridized carbons (Fsp3) is 0.250. The molecular weight excluding hydrogens is 268 g/mol. The van der Waals surface area contributed by atoms with Crippen molar-refractivity contribution in [3.63, 3.8) is 0 Å². The molecule has 1 aliphatic heterocycles. The van der Waals surface area contributed by atoms with Gasteiger partial charge in [-0.25, -0.2) is 0 Å². The zero-order chi connectivity index (χ0) is 14.8. The number of benzene rings is 1. The molecule has 0 spiro atoms. The van der Waals surface area contributed by atoms with E-state index in [0.717, 1.165) is 5.56 Å². The van der Waals surface area contributed by atoms with Crippen molar-refractivity contribution in [1.29, 1.82) is 0 Å². The molecule has 3 rings (SSSR count). The van der Waals surface area contributed by atoms with Gasteiger partial charge < -0.3 is 14.7 Å². The second-order valence-electron chi connectivity index (χ2n) is 5.00. The van der Waals surface area contributed by atoms with Crippen LogP contribution in [0.2, 0.25) is 0 Å². The highest BCUT2D eigenvalue weighted by Crippen LogP contribution is 2.28. The number of aromatic nitrogens is 1. The van der Waals surface area contributed by atoms with E-state index in [1.54, 1.807) is 36.4 Å². The third kappa shape index (κ3) is 2.60. The lowest BCUT2D eigenvalue weighted by Crippen LogP contribution is -2.53. The van der Waals surface area contributed by atoms with Crippen LogP contribution in [0.3, 0.4) is 0 Å². The molecule has 5 nitrogen and oxygen atoms in total. The highest BCUT2D eigenvalue weighted by Gasteiger charge is 2.29. The normalized spacial score (nSPS) is 14.7. The first kappa shape index (κ1) is 13.6. The molecule has 108 valence electrons. The molecular formula is C16H16N2O3. The van der Waals surface area contributed by atoms with Gasteiger partial charge in [0.05, 0.1) is 13.2 Å². The molecule has 2 heterocycles. The summed E-state index contributed by atoms with van der Waals surface area (Å²) in [4.78, 5) is 18.2. The number of carbonyl (C=O) groups excluding carboxylic acids is 1. The Kier molecular flexibility index (Phi) is 3.58. The van der Waals surface area contributed by atoms with Gasteiger partial charge in [-0.05, 0) is 24.3 Å². The van der Waals surface area contributed by atoms with Crippen LogP contribution in [-0.2, 0) is 0 Å². The molecule has 0 aliphatic carbocycles. The third-order valence-corrected chi connectivity index (χ3v) is 3.52. The molecule has 0 saturated carbocycles. The predicted octanol–water partition coefficient (Wildman–Crippen LogP) is 1.57. The van der Waals surface area contributed by atoms with Crippen molar-refractivity contribution in [2.24, 2.45) is 0 Å². The van der Waals surface area contributed by atoms with E-state index in [4.69, 9.17) is 4.74 Å². The Morgan fingerprint density at radius 2 is 2.14 bits per heavy atom. The van der Waals surface area contributed by atoms with Crippen LogP contribution in [0.15, 0.2) is 42.6 Å². The number of likely N-dealkylation sites (tertiary alicyclic amines) is 1. The maximum atomic E-state index is 12.3. The standard InChI is InChI=1S/C16H16N2O3/c1-21-14-6-3-7-17-15(14)11-4-2-5-12(8-11)16(20)18-9-13(19)10-18/h2-8,13,19H,9-10H2,1H3. The smallest absolute Gasteiger partial charge is 0.254 e. The van der Waals surface area contributed by atoms with Crippen LogP contribution in [0.1, 0.15) is 10.4 Å². The highest BCUT2D eigenvalue weighted by atomic mass is 16.5. The van der Waals surface area contributed by atoms with Crippen molar-refractivity contribution >= 4 is 5.91 Å². The van der Waals surface area contributed by atoms with Crippen LogP contribution >= 0.6 is 0 Å². The number of hydrogen-bond donors (Lipinski definition) is 1. The van der Waals surface area contributed by atoms with E-state index in [0.29, 0.717) is 30.1 Å². The molecule has 0 bridgehead atoms. The van der Waals surface area contributed by atoms with Crippen molar-refractivity contribution in [3.8, 4) is 17.0 Å². The van der Waals surface area contributed by atoms with Gasteiger partial charge in [0.25, 0.3) is 5.91 Å². The fourth-order valence-corrected chi connectivity index (χ4v) is 2.38. The molecule has 1 amide bonds. The zero-order valence-electron chi connectivity index (χ0n) is 11.7. The Hall–Kier alpha value is -2.40. The van der Waals surface area contributed by atoms with Crippen molar-refractivity contribution in [3.05, 3.63) is 48.2 Å². The number of aliphatic hydroxyl groups excluding tert-OH is 1. The first-order valence-electron chi connectivity index (χ1n) is 6.76. The van der Waals surface area contributed by atoms with Gasteiger partial charge in [0.2, 0.25) is 0 Å². The van der Waals surface area contributed by atoms with E-state index < -0.39 is 6.10 Å². The van der Waals surface area contributed by atoms with Gasteiger partial charge >= 0.3 is 0 Å². The zero-order valence-corrected chi connectivity index (χ0v) is 11.7. The lowest BCUT2D eigenvalue weighted by molar-refractivity contribution is 0.00590. The quantitative estimate of drug-likeness (QED) is 0.929. The molecule has 5 heteroatoms. The Labute approximate surface area is 122 Å². The number of methoxy groups -OCH3 is 1. The van der Waals surface area contributed by atoms with Gasteiger partial charge in [-0.2, -0.15) is 0 Å². The molecule has 2 aromatic rings. The van der Waals surface area contributed by atoms with E-state index in [9.17, 15) is 9.90 Å². The Morgan fingerprint density at radius 1 is 1.33 bits per heavy atom. The average Bonchev–Trinajstić information content (AvgIpc) is 2.51. The van der Waals surface area contributed by atoms with E-state index in [1.165, 1.54) is 0 Å². The van der Waals surface area contributed by atoms with Crippen molar-refractivity contribution in [2.45, 2.75) is 6.10 Å². The molecule has 21 heavy (non-hydrogen) atoms. The van der Waals surface area contributed by atoms with Gasteiger partial charge in [0.15, 0.2) is 0 Å². The second-order valence-corrected chi connectivity index (χ2v) is 5.00. The highest BCUT2D eigenvalue weighted by molar-refractivity contribution is 5.96. The monoisotopic (exact) mass is 284 g/mol. The number of carbonyl (C=O) groups is 1. The number of nitrogens with zero attached hydrogens (tertiary/aromatic N) is 2. The van der Waals surface area contributed by atoms with Crippen LogP contribution in [0.4, 0.5) is 0 Å². The second kappa shape index (κ2) is 5.54. The number of ether oxygens (including phenoxy) is 1. The minimum absolute atomic E-state index is 0.0722. The van der Waals surface area contributed by atoms with Crippen molar-refractivity contribution in [1.82, 2.24) is 9.88 Å². The van der Waals surface area contributed by atoms with Crippen LogP contribution in [0.5, 0.6) is 5.75 Å². The number of rotatable bonds is 3. The molecule has 1 fully saturated rings. The van der Waals surface area contributed by atoms with E-state index >= 15 is 0 Å². The summed E-state index contributed by atoms with van der Waals surface area (Å²) in [7, 11) is 1.59. The van der Waals surface area contributed by atoms with Gasteiger partial charge in [-0.3, -0.25) is 9.78 Å². The maximum Gasteiger partial charge on any atom is 0.254 e. The van der Waals surface area contributed by atoms with E-state index in [-0.39, 0.29) is 5.91 Å². The molecule has 1 saturated heterocycles. The number of β-amino-alcohol motifs (C(OH)–C–C–N with tert-alkyl or cyclic N) is 1. The summed E-state index contributed by atoms with van der Waals surface area (Å²) in [5, 5.41) is 9.29. The number of amides is 1. The third-order valence-electron chi connectivity index (χ3n) is 3.52. The van der Waals surface area contributed by atoms with Gasteiger partial charge in [-0.15, -0.1) is 0 Å². The number of pyridine rings is 1. The van der Waals surface area contributed by atoms with Gasteiger partial charge in [-0.1, -0.05) is 12.1 Å². The SMILES string of the molecule is COc1cccnc1-c1cccc(C(=O)N2CC(O)C2)c1. The van der Waals surface area contributed by atoms with E-state index in [2.05, 4.69) is 4.98 Å². The van der Waals surface area contributed by atoms with Crippen molar-refractivity contribution < 1.29 is 14.6 Å². The molecule has 0 radical (unpaired) electrons. The molecule has 0 atom stereocenters. The summed E-state index contributed by atoms with van der Waals surface area (Å²) in [6, 6.07) is 10.9. The maximum absolute atomic E-state index is 12.3. The van der Waals surface area contributed by atoms with Crippen LogP contribution in [0.25, 0.3) is 11.3 Å². The fourth-order valence-electron chi connectivity index (χ4n) is 2.38. The minimum Gasteiger partial charge on any atom is -0.494 e. The van der Waals surface area contributed by atoms with Crippen LogP contribution in [-0.4, -0.2) is 47.2 Å². The molecule has 1 aromatic carbocycles. The van der Waals surface area contributed by atoms with Gasteiger partial charge in [0, 0.05) is 30.4 Å². The van der Waals surface area contributed by atoms with Crippen molar-refractivity contribution in [2.75, 3.05) is 20.2 Å². The molecule has 0 unspecified atom stereocenters. The number of aliphatic hydroxyl groups is 1. The summed E-state index contributed by atoms with van der Waals surface area (Å²) in [6.45, 7) is 0.798. The molecule has 1 aromatic heterocycles. The molecule has 1 N–H and O–H groups in total. The summed E-state index contributed by atoms with van der Waals surface area (Å²) in [5.41, 5.74) is 2.13. The lowest BCUT2D eigenvalue weighted by atomic mass is 10.0. The van der Waals surface area contributed by atoms with Crippen LogP contribution in [0, 0.1) is 0 Å². The Balaban J connectivity index is 1.91. The molecule has 1 aliphatic rings. The number of hydrogen-bond acceptors (Lipinski definition) is 4. The summed E-state index contributed by atoms with van der Waals surface area (Å²) in [6.07, 6.45) is 1.30. The first-order chi connectivity index (χ1) is 10.2. The van der Waals surface area contributed by atoms with Crippen LogP contribution < -0.4 is 4.74 Å². The predicted molar refractivity (Wildman–Crippen MR) is 78.1 cm³/mol.